The van der Waals surface area contributed by atoms with Gasteiger partial charge in [-0.25, -0.2) is 4.79 Å². The van der Waals surface area contributed by atoms with E-state index in [-0.39, 0.29) is 12.3 Å². The number of nitrogens with zero attached hydrogens (tertiary/aromatic N) is 3. The average molecular weight is 584 g/mol. The highest BCUT2D eigenvalue weighted by Gasteiger charge is 2.28. The van der Waals surface area contributed by atoms with E-state index in [9.17, 15) is 9.59 Å². The molecule has 2 aromatic carbocycles. The second kappa shape index (κ2) is 11.0. The Bertz CT molecular complexity index is 1420. The zero-order valence-electron chi connectivity index (χ0n) is 19.5. The Balaban J connectivity index is 1.32. The molecule has 2 heterocycles. The molecule has 1 aliphatic carbocycles. The number of nitrogens with one attached hydrogen (secondary N) is 1. The van der Waals surface area contributed by atoms with Gasteiger partial charge in [-0.15, -0.1) is 21.5 Å². The summed E-state index contributed by atoms with van der Waals surface area (Å²) in [5.41, 5.74) is 3.40. The van der Waals surface area contributed by atoms with Gasteiger partial charge in [0.05, 0.1) is 12.7 Å². The molecule has 7 nitrogen and oxygen atoms in total. The van der Waals surface area contributed by atoms with Crippen molar-refractivity contribution in [1.29, 1.82) is 0 Å². The molecule has 4 aromatic rings. The van der Waals surface area contributed by atoms with Crippen molar-refractivity contribution in [1.82, 2.24) is 14.8 Å². The first-order chi connectivity index (χ1) is 17.6. The molecule has 0 spiro atoms. The zero-order valence-corrected chi connectivity index (χ0v) is 22.7. The molecule has 0 bridgehead atoms. The third-order valence-electron chi connectivity index (χ3n) is 5.89. The lowest BCUT2D eigenvalue weighted by Crippen LogP contribution is -2.15. The van der Waals surface area contributed by atoms with Gasteiger partial charge in [-0.1, -0.05) is 64.1 Å². The summed E-state index contributed by atoms with van der Waals surface area (Å²) in [4.78, 5) is 26.3. The molecule has 184 valence electrons. The highest BCUT2D eigenvalue weighted by Crippen LogP contribution is 2.39. The summed E-state index contributed by atoms with van der Waals surface area (Å²) in [5.74, 6) is 0.682. The van der Waals surface area contributed by atoms with Crippen LogP contribution in [-0.4, -0.2) is 39.5 Å². The molecule has 2 aromatic heterocycles. The van der Waals surface area contributed by atoms with Gasteiger partial charge in [0.2, 0.25) is 5.91 Å². The number of thiophene rings is 1. The number of carbonyl (C=O) groups is 2. The second-order valence-corrected chi connectivity index (χ2v) is 11.2. The van der Waals surface area contributed by atoms with Crippen LogP contribution in [0.15, 0.2) is 64.2 Å². The zero-order chi connectivity index (χ0) is 25.1. The molecule has 0 aliphatic heterocycles. The number of halogens is 1. The van der Waals surface area contributed by atoms with Crippen LogP contribution in [0.3, 0.4) is 0 Å². The maximum absolute atomic E-state index is 12.8. The topological polar surface area (TPSA) is 86.1 Å². The third kappa shape index (κ3) is 4.98. The summed E-state index contributed by atoms with van der Waals surface area (Å²) in [5, 5.41) is 13.1. The summed E-state index contributed by atoms with van der Waals surface area (Å²) < 4.78 is 7.90. The fourth-order valence-corrected chi connectivity index (χ4v) is 6.87. The molecule has 1 amide bonds. The number of thioether (sulfide) groups is 1. The number of para-hydroxylation sites is 1. The van der Waals surface area contributed by atoms with Crippen LogP contribution in [0.4, 0.5) is 5.00 Å². The summed E-state index contributed by atoms with van der Waals surface area (Å²) in [6, 6.07) is 17.8. The van der Waals surface area contributed by atoms with Gasteiger partial charge in [0.15, 0.2) is 11.0 Å². The third-order valence-corrected chi connectivity index (χ3v) is 8.72. The summed E-state index contributed by atoms with van der Waals surface area (Å²) >= 11 is 6.56. The monoisotopic (exact) mass is 582 g/mol. The van der Waals surface area contributed by atoms with Gasteiger partial charge in [-0.05, 0) is 43.0 Å². The van der Waals surface area contributed by atoms with Crippen molar-refractivity contribution in [2.24, 2.45) is 0 Å². The van der Waals surface area contributed by atoms with Gasteiger partial charge < -0.3 is 10.1 Å². The van der Waals surface area contributed by atoms with E-state index in [1.165, 1.54) is 30.2 Å². The van der Waals surface area contributed by atoms with Gasteiger partial charge in [-0.2, -0.15) is 0 Å². The molecule has 0 saturated carbocycles. The number of amides is 1. The Hall–Kier alpha value is -2.95. The number of anilines is 1. The quantitative estimate of drug-likeness (QED) is 0.198. The fraction of sp³-hybridized carbons (Fsp3) is 0.231. The molecule has 0 saturated heterocycles. The minimum Gasteiger partial charge on any atom is -0.465 e. The molecule has 0 atom stereocenters. The first-order valence-corrected chi connectivity index (χ1v) is 14.1. The smallest absolute Gasteiger partial charge is 0.341 e. The highest BCUT2D eigenvalue weighted by atomic mass is 79.9. The molecule has 0 radical (unpaired) electrons. The first kappa shape index (κ1) is 24.7. The van der Waals surface area contributed by atoms with Gasteiger partial charge in [0, 0.05) is 32.8 Å². The van der Waals surface area contributed by atoms with Gasteiger partial charge in [-0.3, -0.25) is 9.36 Å². The lowest BCUT2D eigenvalue weighted by atomic mass is 10.1. The van der Waals surface area contributed by atoms with E-state index in [1.54, 1.807) is 0 Å². The van der Waals surface area contributed by atoms with E-state index in [4.69, 9.17) is 4.74 Å². The molecule has 1 aliphatic rings. The van der Waals surface area contributed by atoms with Crippen molar-refractivity contribution in [3.63, 3.8) is 0 Å². The number of hydrogen-bond acceptors (Lipinski definition) is 7. The van der Waals surface area contributed by atoms with Gasteiger partial charge in [0.1, 0.15) is 5.00 Å². The number of hydrogen-bond donors (Lipinski definition) is 1. The van der Waals surface area contributed by atoms with E-state index in [2.05, 4.69) is 31.4 Å². The number of aryl methyl sites for hydroxylation is 1. The molecular formula is C26H23BrN4O3S2. The van der Waals surface area contributed by atoms with Gasteiger partial charge in [0.25, 0.3) is 0 Å². The number of ether oxygens (including phenoxy) is 1. The first-order valence-electron chi connectivity index (χ1n) is 11.5. The highest BCUT2D eigenvalue weighted by molar-refractivity contribution is 9.10. The standard InChI is InChI=1S/C26H23BrN4O3S2/c1-34-25(33)22-18-11-7-13-20(18)36-24(22)28-21(32)14-15-35-26-30-29-23(17-10-5-6-12-19(17)27)31(26)16-8-3-2-4-9-16/h2-6,8-10,12H,7,11,13-15H2,1H3,(H,28,32). The lowest BCUT2D eigenvalue weighted by Gasteiger charge is -2.11. The largest absolute Gasteiger partial charge is 0.465 e. The van der Waals surface area contributed by atoms with Crippen LogP contribution in [0.2, 0.25) is 0 Å². The minimum absolute atomic E-state index is 0.149. The van der Waals surface area contributed by atoms with Crippen LogP contribution in [0.5, 0.6) is 0 Å². The van der Waals surface area contributed by atoms with Gasteiger partial charge >= 0.3 is 5.97 Å². The summed E-state index contributed by atoms with van der Waals surface area (Å²) in [6.45, 7) is 0. The summed E-state index contributed by atoms with van der Waals surface area (Å²) in [7, 11) is 1.37. The minimum atomic E-state index is -0.394. The number of aromatic nitrogens is 3. The van der Waals surface area contributed by atoms with E-state index in [1.807, 2.05) is 59.2 Å². The van der Waals surface area contributed by atoms with Crippen LogP contribution >= 0.6 is 39.0 Å². The molecule has 0 unspecified atom stereocenters. The van der Waals surface area contributed by atoms with Crippen molar-refractivity contribution >= 4 is 55.9 Å². The molecule has 5 rings (SSSR count). The van der Waals surface area contributed by atoms with Crippen LogP contribution in [0.25, 0.3) is 17.1 Å². The summed E-state index contributed by atoms with van der Waals surface area (Å²) in [6.07, 6.45) is 3.07. The van der Waals surface area contributed by atoms with Crippen LogP contribution in [0.1, 0.15) is 33.6 Å². The number of benzene rings is 2. The van der Waals surface area contributed by atoms with Crippen molar-refractivity contribution in [3.05, 3.63) is 75.1 Å². The molecule has 1 N–H and O–H groups in total. The average Bonchev–Trinajstić information content (AvgIpc) is 3.59. The maximum atomic E-state index is 12.8. The predicted octanol–water partition coefficient (Wildman–Crippen LogP) is 6.15. The number of methoxy groups -OCH3 is 1. The Morgan fingerprint density at radius 1 is 1.11 bits per heavy atom. The van der Waals surface area contributed by atoms with Crippen molar-refractivity contribution in [2.75, 3.05) is 18.2 Å². The Morgan fingerprint density at radius 2 is 1.89 bits per heavy atom. The maximum Gasteiger partial charge on any atom is 0.341 e. The molecular weight excluding hydrogens is 560 g/mol. The van der Waals surface area contributed by atoms with Crippen LogP contribution < -0.4 is 5.32 Å². The number of fused-ring (bicyclic) bond motifs is 1. The SMILES string of the molecule is COC(=O)c1c(NC(=O)CCSc2nnc(-c3ccccc3Br)n2-c2ccccc2)sc2c1CCC2. The Kier molecular flexibility index (Phi) is 7.54. The number of carbonyl (C=O) groups excluding carboxylic acids is 2. The fourth-order valence-electron chi connectivity index (χ4n) is 4.22. The Labute approximate surface area is 225 Å². The van der Waals surface area contributed by atoms with Crippen molar-refractivity contribution in [3.8, 4) is 17.1 Å². The molecule has 36 heavy (non-hydrogen) atoms. The van der Waals surface area contributed by atoms with E-state index < -0.39 is 5.97 Å². The van der Waals surface area contributed by atoms with Crippen molar-refractivity contribution < 1.29 is 14.3 Å². The van der Waals surface area contributed by atoms with E-state index in [0.29, 0.717) is 21.5 Å². The van der Waals surface area contributed by atoms with Crippen LogP contribution in [-0.2, 0) is 22.4 Å². The number of esters is 1. The van der Waals surface area contributed by atoms with E-state index in [0.717, 1.165) is 51.3 Å². The second-order valence-electron chi connectivity index (χ2n) is 8.16. The number of rotatable bonds is 8. The predicted molar refractivity (Wildman–Crippen MR) is 146 cm³/mol. The van der Waals surface area contributed by atoms with E-state index >= 15 is 0 Å². The lowest BCUT2D eigenvalue weighted by molar-refractivity contribution is -0.115. The molecule has 0 fully saturated rings. The van der Waals surface area contributed by atoms with Crippen molar-refractivity contribution in [2.45, 2.75) is 30.8 Å². The molecule has 10 heteroatoms. The normalized spacial score (nSPS) is 12.4. The Morgan fingerprint density at radius 3 is 2.67 bits per heavy atom. The van der Waals surface area contributed by atoms with Crippen LogP contribution in [0, 0.1) is 0 Å².